The van der Waals surface area contributed by atoms with Crippen molar-refractivity contribution in [2.24, 2.45) is 5.92 Å². The van der Waals surface area contributed by atoms with Gasteiger partial charge >= 0.3 is 5.97 Å². The van der Waals surface area contributed by atoms with E-state index in [9.17, 15) is 4.79 Å². The Kier molecular flexibility index (Phi) is 5.48. The summed E-state index contributed by atoms with van der Waals surface area (Å²) in [5.74, 6) is 0.839. The van der Waals surface area contributed by atoms with E-state index < -0.39 is 0 Å². The van der Waals surface area contributed by atoms with E-state index in [1.54, 1.807) is 14.2 Å². The van der Waals surface area contributed by atoms with Gasteiger partial charge in [0.05, 0.1) is 27.2 Å². The van der Waals surface area contributed by atoms with E-state index >= 15 is 0 Å². The number of ether oxygens (including phenoxy) is 3. The molecule has 1 aromatic carbocycles. The van der Waals surface area contributed by atoms with Crippen LogP contribution in [0.2, 0.25) is 0 Å². The number of esters is 1. The van der Waals surface area contributed by atoms with Crippen LogP contribution in [0.25, 0.3) is 0 Å². The van der Waals surface area contributed by atoms with Crippen molar-refractivity contribution in [1.29, 1.82) is 0 Å². The Morgan fingerprint density at radius 3 is 2.26 bits per heavy atom. The second kappa shape index (κ2) is 6.87. The third-order valence-electron chi connectivity index (χ3n) is 3.10. The van der Waals surface area contributed by atoms with Crippen molar-refractivity contribution in [3.63, 3.8) is 0 Å². The molecule has 2 atom stereocenters. The lowest BCUT2D eigenvalue weighted by Gasteiger charge is -2.21. The van der Waals surface area contributed by atoms with Gasteiger partial charge in [-0.05, 0) is 26.0 Å². The van der Waals surface area contributed by atoms with E-state index in [0.29, 0.717) is 11.5 Å². The lowest BCUT2D eigenvalue weighted by molar-refractivity contribution is -0.145. The van der Waals surface area contributed by atoms with E-state index in [1.165, 1.54) is 7.11 Å². The van der Waals surface area contributed by atoms with Gasteiger partial charge in [0.2, 0.25) is 0 Å². The molecule has 0 saturated heterocycles. The first kappa shape index (κ1) is 15.1. The third kappa shape index (κ3) is 3.77. The number of anilines is 1. The molecule has 0 radical (unpaired) electrons. The minimum absolute atomic E-state index is 0.0504. The first-order valence-corrected chi connectivity index (χ1v) is 6.09. The second-order valence-corrected chi connectivity index (χ2v) is 4.31. The van der Waals surface area contributed by atoms with Gasteiger partial charge in [0.25, 0.3) is 0 Å². The number of benzene rings is 1. The number of hydrogen-bond donors (Lipinski definition) is 1. The molecule has 2 unspecified atom stereocenters. The molecule has 0 fully saturated rings. The Hall–Kier alpha value is -1.91. The number of carbonyl (C=O) groups is 1. The highest BCUT2D eigenvalue weighted by Gasteiger charge is 2.20. The fourth-order valence-electron chi connectivity index (χ4n) is 1.70. The van der Waals surface area contributed by atoms with Gasteiger partial charge in [0.1, 0.15) is 0 Å². The summed E-state index contributed by atoms with van der Waals surface area (Å²) in [5, 5.41) is 3.25. The Morgan fingerprint density at radius 1 is 1.11 bits per heavy atom. The van der Waals surface area contributed by atoms with E-state index in [2.05, 4.69) is 5.32 Å². The van der Waals surface area contributed by atoms with Crippen LogP contribution >= 0.6 is 0 Å². The zero-order valence-electron chi connectivity index (χ0n) is 12.0. The molecule has 1 rings (SSSR count). The van der Waals surface area contributed by atoms with Crippen LogP contribution in [0, 0.1) is 5.92 Å². The molecule has 19 heavy (non-hydrogen) atoms. The van der Waals surface area contributed by atoms with Gasteiger partial charge in [-0.15, -0.1) is 0 Å². The van der Waals surface area contributed by atoms with E-state index in [0.717, 1.165) is 5.69 Å². The average molecular weight is 267 g/mol. The lowest BCUT2D eigenvalue weighted by atomic mass is 10.0. The van der Waals surface area contributed by atoms with Crippen molar-refractivity contribution < 1.29 is 19.0 Å². The normalized spacial score (nSPS) is 13.3. The van der Waals surface area contributed by atoms with Gasteiger partial charge < -0.3 is 19.5 Å². The molecule has 0 aliphatic rings. The minimum atomic E-state index is -0.238. The second-order valence-electron chi connectivity index (χ2n) is 4.31. The van der Waals surface area contributed by atoms with Crippen LogP contribution in [-0.2, 0) is 9.53 Å². The molecular formula is C14H21NO4. The van der Waals surface area contributed by atoms with E-state index in [4.69, 9.17) is 14.2 Å². The molecule has 0 spiro atoms. The molecular weight excluding hydrogens is 246 g/mol. The maximum Gasteiger partial charge on any atom is 0.310 e. The molecule has 1 N–H and O–H groups in total. The van der Waals surface area contributed by atoms with Crippen molar-refractivity contribution >= 4 is 11.7 Å². The molecule has 5 heteroatoms. The fourth-order valence-corrected chi connectivity index (χ4v) is 1.70. The first-order chi connectivity index (χ1) is 9.03. The number of hydrogen-bond acceptors (Lipinski definition) is 5. The Bertz CT molecular complexity index is 433. The largest absolute Gasteiger partial charge is 0.493 e. The van der Waals surface area contributed by atoms with Gasteiger partial charge in [0.15, 0.2) is 11.5 Å². The molecule has 0 saturated carbocycles. The van der Waals surface area contributed by atoms with Crippen LogP contribution in [0.3, 0.4) is 0 Å². The number of carbonyl (C=O) groups excluding carboxylic acids is 1. The number of rotatable bonds is 6. The molecule has 0 amide bonds. The first-order valence-electron chi connectivity index (χ1n) is 6.09. The summed E-state index contributed by atoms with van der Waals surface area (Å²) in [7, 11) is 4.57. The van der Waals surface area contributed by atoms with Crippen LogP contribution < -0.4 is 14.8 Å². The average Bonchev–Trinajstić information content (AvgIpc) is 2.45. The Labute approximate surface area is 113 Å². The van der Waals surface area contributed by atoms with Gasteiger partial charge in [-0.2, -0.15) is 0 Å². The molecule has 0 aliphatic heterocycles. The summed E-state index contributed by atoms with van der Waals surface area (Å²) in [6.07, 6.45) is 0. The summed E-state index contributed by atoms with van der Waals surface area (Å²) in [4.78, 5) is 11.5. The zero-order valence-corrected chi connectivity index (χ0v) is 12.0. The summed E-state index contributed by atoms with van der Waals surface area (Å²) in [6, 6.07) is 5.48. The van der Waals surface area contributed by atoms with E-state index in [-0.39, 0.29) is 17.9 Å². The molecule has 1 aromatic rings. The number of nitrogens with one attached hydrogen (secondary N) is 1. The quantitative estimate of drug-likeness (QED) is 0.802. The van der Waals surface area contributed by atoms with Crippen molar-refractivity contribution in [1.82, 2.24) is 0 Å². The Morgan fingerprint density at radius 2 is 1.74 bits per heavy atom. The highest BCUT2D eigenvalue weighted by atomic mass is 16.5. The lowest BCUT2D eigenvalue weighted by Crippen LogP contribution is -2.30. The van der Waals surface area contributed by atoms with Gasteiger partial charge in [-0.25, -0.2) is 0 Å². The van der Waals surface area contributed by atoms with Crippen LogP contribution in [-0.4, -0.2) is 33.3 Å². The third-order valence-corrected chi connectivity index (χ3v) is 3.10. The monoisotopic (exact) mass is 267 g/mol. The topological polar surface area (TPSA) is 56.8 Å². The molecule has 106 valence electrons. The van der Waals surface area contributed by atoms with Crippen LogP contribution in [0.1, 0.15) is 13.8 Å². The molecule has 0 aromatic heterocycles. The van der Waals surface area contributed by atoms with Crippen molar-refractivity contribution in [2.45, 2.75) is 19.9 Å². The summed E-state index contributed by atoms with van der Waals surface area (Å²) >= 11 is 0. The van der Waals surface area contributed by atoms with Gasteiger partial charge in [-0.3, -0.25) is 4.79 Å². The smallest absolute Gasteiger partial charge is 0.310 e. The van der Waals surface area contributed by atoms with Crippen LogP contribution in [0.15, 0.2) is 18.2 Å². The fraction of sp³-hybridized carbons (Fsp3) is 0.500. The minimum Gasteiger partial charge on any atom is -0.493 e. The van der Waals surface area contributed by atoms with E-state index in [1.807, 2.05) is 32.0 Å². The molecule has 0 bridgehead atoms. The maximum absolute atomic E-state index is 11.5. The van der Waals surface area contributed by atoms with Crippen LogP contribution in [0.4, 0.5) is 5.69 Å². The highest BCUT2D eigenvalue weighted by Crippen LogP contribution is 2.30. The molecule has 5 nitrogen and oxygen atoms in total. The molecule has 0 heterocycles. The zero-order chi connectivity index (χ0) is 14.4. The summed E-state index contributed by atoms with van der Waals surface area (Å²) in [5.41, 5.74) is 0.862. The van der Waals surface area contributed by atoms with Gasteiger partial charge in [0, 0.05) is 17.8 Å². The number of methoxy groups -OCH3 is 3. The van der Waals surface area contributed by atoms with Crippen LogP contribution in [0.5, 0.6) is 11.5 Å². The predicted molar refractivity (Wildman–Crippen MR) is 73.8 cm³/mol. The van der Waals surface area contributed by atoms with Crippen molar-refractivity contribution in [3.8, 4) is 11.5 Å². The SMILES string of the molecule is COC(=O)C(C)C(C)Nc1ccc(OC)c(OC)c1. The Balaban J connectivity index is 2.79. The summed E-state index contributed by atoms with van der Waals surface area (Å²) in [6.45, 7) is 3.75. The highest BCUT2D eigenvalue weighted by molar-refractivity contribution is 5.73. The molecule has 0 aliphatic carbocycles. The van der Waals surface area contributed by atoms with Crippen molar-refractivity contribution in [3.05, 3.63) is 18.2 Å². The standard InChI is InChI=1S/C14H21NO4/c1-9(14(16)19-5)10(2)15-11-6-7-12(17-3)13(8-11)18-4/h6-10,15H,1-5H3. The van der Waals surface area contributed by atoms with Gasteiger partial charge in [-0.1, -0.05) is 0 Å². The maximum atomic E-state index is 11.5. The summed E-state index contributed by atoms with van der Waals surface area (Å²) < 4.78 is 15.1. The van der Waals surface area contributed by atoms with Crippen molar-refractivity contribution in [2.75, 3.05) is 26.6 Å². The predicted octanol–water partition coefficient (Wildman–Crippen LogP) is 2.31.